The van der Waals surface area contributed by atoms with Crippen LogP contribution >= 0.6 is 0 Å². The Morgan fingerprint density at radius 1 is 0.808 bits per heavy atom. The minimum atomic E-state index is -0.0175. The van der Waals surface area contributed by atoms with Gasteiger partial charge in [-0.3, -0.25) is 9.59 Å². The maximum atomic E-state index is 12.8. The van der Waals surface area contributed by atoms with Crippen molar-refractivity contribution in [3.05, 3.63) is 48.0 Å². The summed E-state index contributed by atoms with van der Waals surface area (Å²) in [6, 6.07) is 3.56. The summed E-state index contributed by atoms with van der Waals surface area (Å²) < 4.78 is 0. The molecule has 8 nitrogen and oxygen atoms in total. The molecule has 2 aromatic heterocycles. The lowest BCUT2D eigenvalue weighted by molar-refractivity contribution is 0.0704. The summed E-state index contributed by atoms with van der Waals surface area (Å²) >= 11 is 0. The van der Waals surface area contributed by atoms with Gasteiger partial charge < -0.3 is 9.80 Å². The van der Waals surface area contributed by atoms with E-state index < -0.39 is 0 Å². The van der Waals surface area contributed by atoms with Gasteiger partial charge >= 0.3 is 0 Å². The molecular weight excluding hydrogens is 332 g/mol. The minimum absolute atomic E-state index is 0.00510. The van der Waals surface area contributed by atoms with Crippen molar-refractivity contribution in [3.63, 3.8) is 0 Å². The Hall–Kier alpha value is -2.90. The number of carbonyl (C=O) groups is 2. The van der Waals surface area contributed by atoms with Gasteiger partial charge in [0.2, 0.25) is 0 Å². The van der Waals surface area contributed by atoms with E-state index in [0.717, 1.165) is 25.8 Å². The Morgan fingerprint density at radius 2 is 1.42 bits per heavy atom. The SMILES string of the molecule is O=C(c1ccnnc1)N1CC[C@@H]2CCN(C(=O)c3ccnnc3)[C@@H]2CC1. The number of rotatable bonds is 2. The molecule has 8 heteroatoms. The van der Waals surface area contributed by atoms with E-state index in [1.165, 1.54) is 24.8 Å². The van der Waals surface area contributed by atoms with Gasteiger partial charge in [0.05, 0.1) is 35.9 Å². The second-order valence-electron chi connectivity index (χ2n) is 6.75. The van der Waals surface area contributed by atoms with E-state index in [9.17, 15) is 9.59 Å². The molecule has 2 atom stereocenters. The average molecular weight is 352 g/mol. The number of hydrogen-bond donors (Lipinski definition) is 0. The zero-order valence-electron chi connectivity index (χ0n) is 14.4. The zero-order chi connectivity index (χ0) is 17.9. The van der Waals surface area contributed by atoms with Crippen molar-refractivity contribution in [1.29, 1.82) is 0 Å². The van der Waals surface area contributed by atoms with Crippen LogP contribution in [0, 0.1) is 5.92 Å². The van der Waals surface area contributed by atoms with Crippen LogP contribution in [-0.2, 0) is 0 Å². The third-order valence-corrected chi connectivity index (χ3v) is 5.36. The van der Waals surface area contributed by atoms with Crippen LogP contribution in [0.2, 0.25) is 0 Å². The Balaban J connectivity index is 1.46. The standard InChI is InChI=1S/C18H20N6O2/c25-17(14-1-6-19-21-11-14)23-8-3-13-4-10-24(16(13)5-9-23)18(26)15-2-7-20-22-12-15/h1-2,6-7,11-13,16H,3-5,8-10H2/t13-,16-/m1/s1. The zero-order valence-corrected chi connectivity index (χ0v) is 14.4. The molecule has 134 valence electrons. The molecule has 0 saturated carbocycles. The van der Waals surface area contributed by atoms with E-state index >= 15 is 0 Å². The van der Waals surface area contributed by atoms with E-state index in [4.69, 9.17) is 0 Å². The largest absolute Gasteiger partial charge is 0.339 e. The summed E-state index contributed by atoms with van der Waals surface area (Å²) in [7, 11) is 0. The highest BCUT2D eigenvalue weighted by atomic mass is 16.2. The summed E-state index contributed by atoms with van der Waals surface area (Å²) in [5.41, 5.74) is 1.13. The predicted octanol–water partition coefficient (Wildman–Crippen LogP) is 1.03. The van der Waals surface area contributed by atoms with E-state index in [1.54, 1.807) is 12.1 Å². The number of likely N-dealkylation sites (tertiary alicyclic amines) is 2. The fraction of sp³-hybridized carbons (Fsp3) is 0.444. The maximum Gasteiger partial charge on any atom is 0.255 e. The van der Waals surface area contributed by atoms with Crippen LogP contribution in [0.3, 0.4) is 0 Å². The number of carbonyl (C=O) groups excluding carboxylic acids is 2. The van der Waals surface area contributed by atoms with E-state index in [0.29, 0.717) is 30.1 Å². The quantitative estimate of drug-likeness (QED) is 0.802. The highest BCUT2D eigenvalue weighted by molar-refractivity contribution is 5.94. The average Bonchev–Trinajstić information content (AvgIpc) is 2.99. The Bertz CT molecular complexity index is 785. The van der Waals surface area contributed by atoms with Crippen LogP contribution in [-0.4, -0.2) is 67.7 Å². The third kappa shape index (κ3) is 3.14. The Morgan fingerprint density at radius 3 is 2.08 bits per heavy atom. The lowest BCUT2D eigenvalue weighted by atomic mass is 9.95. The molecular formula is C18H20N6O2. The lowest BCUT2D eigenvalue weighted by Crippen LogP contribution is -2.39. The predicted molar refractivity (Wildman–Crippen MR) is 92.1 cm³/mol. The molecule has 2 saturated heterocycles. The highest BCUT2D eigenvalue weighted by Gasteiger charge is 2.39. The number of fused-ring (bicyclic) bond motifs is 1. The summed E-state index contributed by atoms with van der Waals surface area (Å²) in [6.07, 6.45) is 8.76. The molecule has 0 spiro atoms. The first kappa shape index (κ1) is 16.6. The van der Waals surface area contributed by atoms with Crippen molar-refractivity contribution in [3.8, 4) is 0 Å². The van der Waals surface area contributed by atoms with Gasteiger partial charge in [0.25, 0.3) is 11.8 Å². The van der Waals surface area contributed by atoms with Gasteiger partial charge in [0.1, 0.15) is 0 Å². The van der Waals surface area contributed by atoms with Gasteiger partial charge in [0, 0.05) is 25.7 Å². The Kier molecular flexibility index (Phi) is 4.55. The summed E-state index contributed by atoms with van der Waals surface area (Å²) in [5.74, 6) is 0.420. The molecule has 4 heterocycles. The highest BCUT2D eigenvalue weighted by Crippen LogP contribution is 2.33. The second kappa shape index (κ2) is 7.15. The van der Waals surface area contributed by atoms with Crippen LogP contribution in [0.15, 0.2) is 36.9 Å². The first-order valence-corrected chi connectivity index (χ1v) is 8.87. The summed E-state index contributed by atoms with van der Waals surface area (Å²) in [5, 5.41) is 15.1. The number of amides is 2. The molecule has 2 fully saturated rings. The molecule has 0 bridgehead atoms. The monoisotopic (exact) mass is 352 g/mol. The molecule has 2 amide bonds. The van der Waals surface area contributed by atoms with E-state index in [2.05, 4.69) is 20.4 Å². The van der Waals surface area contributed by atoms with E-state index in [1.807, 2.05) is 9.80 Å². The summed E-state index contributed by atoms with van der Waals surface area (Å²) in [6.45, 7) is 2.11. The van der Waals surface area contributed by atoms with E-state index in [-0.39, 0.29) is 17.9 Å². The fourth-order valence-electron chi connectivity index (χ4n) is 4.01. The molecule has 0 aliphatic carbocycles. The number of hydrogen-bond acceptors (Lipinski definition) is 6. The third-order valence-electron chi connectivity index (χ3n) is 5.36. The van der Waals surface area contributed by atoms with Gasteiger partial charge in [0.15, 0.2) is 0 Å². The van der Waals surface area contributed by atoms with Crippen molar-refractivity contribution in [2.24, 2.45) is 5.92 Å². The molecule has 2 aliphatic heterocycles. The van der Waals surface area contributed by atoms with Gasteiger partial charge in [-0.15, -0.1) is 0 Å². The molecule has 2 aromatic rings. The van der Waals surface area contributed by atoms with Crippen LogP contribution in [0.4, 0.5) is 0 Å². The van der Waals surface area contributed by atoms with Gasteiger partial charge in [-0.25, -0.2) is 0 Å². The van der Waals surface area contributed by atoms with Crippen LogP contribution < -0.4 is 0 Å². The minimum Gasteiger partial charge on any atom is -0.339 e. The van der Waals surface area contributed by atoms with Crippen LogP contribution in [0.5, 0.6) is 0 Å². The number of nitrogens with zero attached hydrogens (tertiary/aromatic N) is 6. The molecule has 4 rings (SSSR count). The van der Waals surface area contributed by atoms with Crippen molar-refractivity contribution < 1.29 is 9.59 Å². The van der Waals surface area contributed by atoms with Crippen molar-refractivity contribution in [1.82, 2.24) is 30.2 Å². The smallest absolute Gasteiger partial charge is 0.255 e. The van der Waals surface area contributed by atoms with Crippen molar-refractivity contribution in [2.45, 2.75) is 25.3 Å². The molecule has 0 radical (unpaired) electrons. The van der Waals surface area contributed by atoms with Crippen LogP contribution in [0.1, 0.15) is 40.0 Å². The first-order chi connectivity index (χ1) is 12.7. The van der Waals surface area contributed by atoms with Gasteiger partial charge in [-0.1, -0.05) is 0 Å². The van der Waals surface area contributed by atoms with Crippen LogP contribution in [0.25, 0.3) is 0 Å². The maximum absolute atomic E-state index is 12.8. The van der Waals surface area contributed by atoms with Gasteiger partial charge in [-0.05, 0) is 37.3 Å². The molecule has 2 aliphatic rings. The Labute approximate surface area is 151 Å². The van der Waals surface area contributed by atoms with Crippen molar-refractivity contribution >= 4 is 11.8 Å². The van der Waals surface area contributed by atoms with Crippen molar-refractivity contribution in [2.75, 3.05) is 19.6 Å². The topological polar surface area (TPSA) is 92.2 Å². The second-order valence-corrected chi connectivity index (χ2v) is 6.75. The lowest BCUT2D eigenvalue weighted by Gasteiger charge is -2.27. The first-order valence-electron chi connectivity index (χ1n) is 8.87. The van der Waals surface area contributed by atoms with Gasteiger partial charge in [-0.2, -0.15) is 20.4 Å². The normalized spacial score (nSPS) is 22.6. The molecule has 0 unspecified atom stereocenters. The molecule has 26 heavy (non-hydrogen) atoms. The number of aromatic nitrogens is 4. The molecule has 0 aromatic carbocycles. The fourth-order valence-corrected chi connectivity index (χ4v) is 4.01. The summed E-state index contributed by atoms with van der Waals surface area (Å²) in [4.78, 5) is 29.3. The molecule has 0 N–H and O–H groups in total.